The van der Waals surface area contributed by atoms with Crippen LogP contribution in [0.2, 0.25) is 0 Å². The fourth-order valence-corrected chi connectivity index (χ4v) is 2.92. The number of benzene rings is 2. The van der Waals surface area contributed by atoms with Crippen molar-refractivity contribution in [3.63, 3.8) is 0 Å². The van der Waals surface area contributed by atoms with Crippen molar-refractivity contribution < 1.29 is 18.3 Å². The van der Waals surface area contributed by atoms with Crippen LogP contribution >= 0.6 is 0 Å². The molecule has 2 nitrogen and oxygen atoms in total. The van der Waals surface area contributed by atoms with Crippen molar-refractivity contribution in [2.75, 3.05) is 7.05 Å². The van der Waals surface area contributed by atoms with Gasteiger partial charge in [0.2, 0.25) is 5.60 Å². The van der Waals surface area contributed by atoms with Gasteiger partial charge in [-0.2, -0.15) is 13.2 Å². The van der Waals surface area contributed by atoms with Crippen LogP contribution in [0.5, 0.6) is 0 Å². The predicted octanol–water partition coefficient (Wildman–Crippen LogP) is 3.18. The van der Waals surface area contributed by atoms with E-state index in [4.69, 9.17) is 0 Å². The first kappa shape index (κ1) is 14.1. The summed E-state index contributed by atoms with van der Waals surface area (Å²) in [6, 6.07) is 11.0. The Hall–Kier alpha value is -1.85. The molecule has 0 saturated carbocycles. The van der Waals surface area contributed by atoms with E-state index >= 15 is 0 Å². The van der Waals surface area contributed by atoms with Gasteiger partial charge in [0, 0.05) is 17.7 Å². The SMILES string of the molecule is CNCc1ccc2c(c1)C(O)(C(F)(F)F)c1ccccc1-2. The molecule has 0 bridgehead atoms. The zero-order chi connectivity index (χ0) is 15.3. The third-order valence-electron chi connectivity index (χ3n) is 3.87. The van der Waals surface area contributed by atoms with Gasteiger partial charge in [-0.25, -0.2) is 0 Å². The summed E-state index contributed by atoms with van der Waals surface area (Å²) < 4.78 is 40.7. The number of hydrogen-bond donors (Lipinski definition) is 2. The molecule has 0 aromatic heterocycles. The average Bonchev–Trinajstić information content (AvgIpc) is 2.70. The standard InChI is InChI=1S/C16H14F3NO/c1-20-9-10-6-7-12-11-4-2-3-5-13(11)15(21,14(12)8-10)16(17,18)19/h2-8,20-21H,9H2,1H3. The van der Waals surface area contributed by atoms with E-state index in [-0.39, 0.29) is 11.1 Å². The number of halogens is 3. The van der Waals surface area contributed by atoms with Gasteiger partial charge in [-0.3, -0.25) is 0 Å². The van der Waals surface area contributed by atoms with Crippen LogP contribution in [0.15, 0.2) is 42.5 Å². The highest BCUT2D eigenvalue weighted by Crippen LogP contribution is 2.54. The highest BCUT2D eigenvalue weighted by Gasteiger charge is 2.60. The maximum atomic E-state index is 13.6. The zero-order valence-electron chi connectivity index (χ0n) is 11.3. The van der Waals surface area contributed by atoms with Crippen molar-refractivity contribution in [3.8, 4) is 11.1 Å². The van der Waals surface area contributed by atoms with E-state index in [1.165, 1.54) is 18.2 Å². The average molecular weight is 293 g/mol. The van der Waals surface area contributed by atoms with Gasteiger partial charge >= 0.3 is 6.18 Å². The number of alkyl halides is 3. The lowest BCUT2D eigenvalue weighted by molar-refractivity contribution is -0.246. The highest BCUT2D eigenvalue weighted by atomic mass is 19.4. The van der Waals surface area contributed by atoms with E-state index in [1.54, 1.807) is 31.3 Å². The van der Waals surface area contributed by atoms with Gasteiger partial charge in [0.05, 0.1) is 0 Å². The number of hydrogen-bond acceptors (Lipinski definition) is 2. The molecule has 0 aliphatic heterocycles. The highest BCUT2D eigenvalue weighted by molar-refractivity contribution is 5.80. The van der Waals surface area contributed by atoms with E-state index in [0.717, 1.165) is 0 Å². The Kier molecular flexibility index (Phi) is 3.07. The van der Waals surface area contributed by atoms with Crippen LogP contribution in [-0.4, -0.2) is 18.3 Å². The minimum absolute atomic E-state index is 0.0936. The summed E-state index contributed by atoms with van der Waals surface area (Å²) in [7, 11) is 1.72. The minimum atomic E-state index is -4.77. The van der Waals surface area contributed by atoms with Crippen molar-refractivity contribution in [2.24, 2.45) is 0 Å². The van der Waals surface area contributed by atoms with Crippen LogP contribution in [0.25, 0.3) is 11.1 Å². The molecule has 1 aliphatic rings. The molecule has 0 radical (unpaired) electrons. The quantitative estimate of drug-likeness (QED) is 0.891. The Morgan fingerprint density at radius 1 is 1.05 bits per heavy atom. The fraction of sp³-hybridized carbons (Fsp3) is 0.250. The molecule has 1 atom stereocenters. The first-order valence-corrected chi connectivity index (χ1v) is 6.56. The summed E-state index contributed by atoms with van der Waals surface area (Å²) in [6.45, 7) is 0.442. The van der Waals surface area contributed by atoms with E-state index in [1.807, 2.05) is 0 Å². The van der Waals surface area contributed by atoms with E-state index in [2.05, 4.69) is 5.32 Å². The van der Waals surface area contributed by atoms with Crippen molar-refractivity contribution in [3.05, 3.63) is 59.2 Å². The molecule has 2 aromatic carbocycles. The van der Waals surface area contributed by atoms with Crippen LogP contribution < -0.4 is 5.32 Å². The predicted molar refractivity (Wildman–Crippen MR) is 73.7 cm³/mol. The number of fused-ring (bicyclic) bond motifs is 3. The fourth-order valence-electron chi connectivity index (χ4n) is 2.92. The van der Waals surface area contributed by atoms with E-state index < -0.39 is 11.8 Å². The molecule has 3 rings (SSSR count). The van der Waals surface area contributed by atoms with Crippen molar-refractivity contribution in [2.45, 2.75) is 18.3 Å². The maximum Gasteiger partial charge on any atom is 0.425 e. The van der Waals surface area contributed by atoms with Gasteiger partial charge < -0.3 is 10.4 Å². The summed E-state index contributed by atoms with van der Waals surface area (Å²) in [5.74, 6) is 0. The smallest absolute Gasteiger partial charge is 0.372 e. The van der Waals surface area contributed by atoms with Crippen molar-refractivity contribution in [1.29, 1.82) is 0 Å². The first-order valence-electron chi connectivity index (χ1n) is 6.56. The Morgan fingerprint density at radius 3 is 2.38 bits per heavy atom. The first-order chi connectivity index (χ1) is 9.89. The molecule has 1 unspecified atom stereocenters. The Morgan fingerprint density at radius 2 is 1.71 bits per heavy atom. The van der Waals surface area contributed by atoms with Gasteiger partial charge in [-0.15, -0.1) is 0 Å². The van der Waals surface area contributed by atoms with Gasteiger partial charge in [-0.1, -0.05) is 42.5 Å². The molecular formula is C16H14F3NO. The molecule has 2 N–H and O–H groups in total. The third kappa shape index (κ3) is 1.88. The molecule has 0 heterocycles. The lowest BCUT2D eigenvalue weighted by Gasteiger charge is -2.28. The summed E-state index contributed by atoms with van der Waals surface area (Å²) in [5, 5.41) is 13.4. The lowest BCUT2D eigenvalue weighted by atomic mass is 9.90. The second-order valence-electron chi connectivity index (χ2n) is 5.16. The molecule has 0 amide bonds. The normalized spacial score (nSPS) is 20.2. The van der Waals surface area contributed by atoms with Gasteiger partial charge in [0.25, 0.3) is 0 Å². The third-order valence-corrected chi connectivity index (χ3v) is 3.87. The number of aliphatic hydroxyl groups is 1. The molecule has 2 aromatic rings. The van der Waals surface area contributed by atoms with Crippen molar-refractivity contribution >= 4 is 0 Å². The molecule has 1 aliphatic carbocycles. The van der Waals surface area contributed by atoms with Gasteiger partial charge in [0.1, 0.15) is 0 Å². The molecule has 5 heteroatoms. The number of nitrogens with one attached hydrogen (secondary N) is 1. The molecule has 0 fully saturated rings. The maximum absolute atomic E-state index is 13.6. The summed E-state index contributed by atoms with van der Waals surface area (Å²) in [5.41, 5.74) is -1.57. The van der Waals surface area contributed by atoms with Crippen LogP contribution in [0.3, 0.4) is 0 Å². The summed E-state index contributed by atoms with van der Waals surface area (Å²) >= 11 is 0. The molecular weight excluding hydrogens is 279 g/mol. The second-order valence-corrected chi connectivity index (χ2v) is 5.16. The molecule has 0 spiro atoms. The van der Waals surface area contributed by atoms with Gasteiger partial charge in [-0.05, 0) is 23.7 Å². The Bertz CT molecular complexity index is 696. The summed E-state index contributed by atoms with van der Waals surface area (Å²) in [4.78, 5) is 0. The van der Waals surface area contributed by atoms with E-state index in [9.17, 15) is 18.3 Å². The van der Waals surface area contributed by atoms with Crippen LogP contribution in [0.4, 0.5) is 13.2 Å². The van der Waals surface area contributed by atoms with Crippen LogP contribution in [0.1, 0.15) is 16.7 Å². The van der Waals surface area contributed by atoms with Crippen molar-refractivity contribution in [1.82, 2.24) is 5.32 Å². The lowest BCUT2D eigenvalue weighted by Crippen LogP contribution is -2.41. The Balaban J connectivity index is 2.30. The molecule has 0 saturated heterocycles. The van der Waals surface area contributed by atoms with Crippen LogP contribution in [0, 0.1) is 0 Å². The topological polar surface area (TPSA) is 32.3 Å². The Labute approximate surface area is 120 Å². The zero-order valence-corrected chi connectivity index (χ0v) is 11.3. The molecule has 21 heavy (non-hydrogen) atoms. The second kappa shape index (κ2) is 4.58. The van der Waals surface area contributed by atoms with Gasteiger partial charge in [0.15, 0.2) is 0 Å². The molecule has 110 valence electrons. The van der Waals surface area contributed by atoms with Crippen LogP contribution in [-0.2, 0) is 12.1 Å². The largest absolute Gasteiger partial charge is 0.425 e. The minimum Gasteiger partial charge on any atom is -0.372 e. The number of rotatable bonds is 2. The monoisotopic (exact) mass is 293 g/mol. The summed E-state index contributed by atoms with van der Waals surface area (Å²) in [6.07, 6.45) is -4.77. The van der Waals surface area contributed by atoms with E-state index in [0.29, 0.717) is 23.2 Å².